The van der Waals surface area contributed by atoms with Gasteiger partial charge in [-0.3, -0.25) is 19.8 Å². The highest BCUT2D eigenvalue weighted by atomic mass is 35.5. The van der Waals surface area contributed by atoms with Crippen LogP contribution in [0.5, 0.6) is 5.75 Å². The third-order valence-corrected chi connectivity index (χ3v) is 6.08. The number of aromatic nitrogens is 1. The van der Waals surface area contributed by atoms with Gasteiger partial charge in [0.2, 0.25) is 5.91 Å². The molecule has 0 bridgehead atoms. The van der Waals surface area contributed by atoms with Gasteiger partial charge in [0.1, 0.15) is 11.6 Å². The van der Waals surface area contributed by atoms with Gasteiger partial charge in [0.25, 0.3) is 12.2 Å². The Morgan fingerprint density at radius 3 is 2.76 bits per heavy atom. The Bertz CT molecular complexity index is 1240. The molecule has 0 spiro atoms. The van der Waals surface area contributed by atoms with E-state index in [4.69, 9.17) is 16.3 Å². The summed E-state index contributed by atoms with van der Waals surface area (Å²) in [7, 11) is 0. The van der Waals surface area contributed by atoms with Gasteiger partial charge in [-0.2, -0.15) is 0 Å². The van der Waals surface area contributed by atoms with Crippen LogP contribution in [0.15, 0.2) is 48.7 Å². The first kappa shape index (κ1) is 23.9. The number of piperidine rings is 1. The third-order valence-electron chi connectivity index (χ3n) is 5.77. The first-order valence-corrected chi connectivity index (χ1v) is 11.1. The number of pyridine rings is 1. The van der Waals surface area contributed by atoms with Gasteiger partial charge in [-0.25, -0.2) is 9.45 Å². The molecule has 1 aromatic heterocycles. The number of benzene rings is 2. The number of likely N-dealkylation sites (tertiary alicyclic amines) is 1. The number of carbonyl (C=O) groups is 2. The van der Waals surface area contributed by atoms with Gasteiger partial charge in [-0.15, -0.1) is 0 Å². The van der Waals surface area contributed by atoms with E-state index in [0.717, 1.165) is 10.9 Å². The van der Waals surface area contributed by atoms with E-state index in [9.17, 15) is 24.3 Å². The molecule has 0 saturated carbocycles. The molecule has 0 aliphatic carbocycles. The van der Waals surface area contributed by atoms with Crippen LogP contribution in [-0.4, -0.2) is 62.5 Å². The third kappa shape index (κ3) is 4.96. The Morgan fingerprint density at radius 2 is 2.03 bits per heavy atom. The molecule has 2 atom stereocenters. The van der Waals surface area contributed by atoms with Crippen LogP contribution in [0.3, 0.4) is 0 Å². The predicted molar refractivity (Wildman–Crippen MR) is 123 cm³/mol. The molecule has 2 N–H and O–H groups in total. The van der Waals surface area contributed by atoms with Gasteiger partial charge in [0.15, 0.2) is 0 Å². The molecule has 2 heterocycles. The summed E-state index contributed by atoms with van der Waals surface area (Å²) in [5.41, 5.74) is 1.92. The standard InChI is InChI=1S/C24H23ClFN3O5/c1-14(30)29(33)16-3-2-10-28(13-16)23(31)24(32)34-17-5-7-20-18(8-9-27-22(20)12-17)19-6-4-15(26)11-21(19)25/h4-9,11-12,16,24,32-33H,2-3,10,13H2,1H3/t16-,24-/m0/s1. The SMILES string of the molecule is CC(=O)N(O)[C@H]1CCCN(C(=O)[C@@H](O)Oc2ccc3c(-c4ccc(F)cc4Cl)ccnc3c2)C1. The van der Waals surface area contributed by atoms with E-state index in [-0.39, 0.29) is 17.3 Å². The van der Waals surface area contributed by atoms with E-state index >= 15 is 0 Å². The average molecular weight is 488 g/mol. The van der Waals surface area contributed by atoms with Gasteiger partial charge >= 0.3 is 0 Å². The number of rotatable bonds is 5. The number of aliphatic hydroxyl groups is 1. The summed E-state index contributed by atoms with van der Waals surface area (Å²) in [6.45, 7) is 1.71. The molecule has 10 heteroatoms. The van der Waals surface area contributed by atoms with Crippen molar-refractivity contribution in [1.82, 2.24) is 14.9 Å². The van der Waals surface area contributed by atoms with Crippen molar-refractivity contribution in [3.8, 4) is 16.9 Å². The van der Waals surface area contributed by atoms with Crippen molar-refractivity contribution in [2.45, 2.75) is 32.1 Å². The fraction of sp³-hybridized carbons (Fsp3) is 0.292. The highest BCUT2D eigenvalue weighted by Crippen LogP contribution is 2.34. The lowest BCUT2D eigenvalue weighted by Crippen LogP contribution is -2.53. The number of nitrogens with zero attached hydrogens (tertiary/aromatic N) is 3. The minimum Gasteiger partial charge on any atom is -0.455 e. The first-order chi connectivity index (χ1) is 16.2. The van der Waals surface area contributed by atoms with Crippen LogP contribution in [0.25, 0.3) is 22.0 Å². The highest BCUT2D eigenvalue weighted by Gasteiger charge is 2.32. The number of hydrogen-bond donors (Lipinski definition) is 2. The molecule has 1 fully saturated rings. The Labute approximate surface area is 200 Å². The quantitative estimate of drug-likeness (QED) is 0.324. The number of aliphatic hydroxyl groups excluding tert-OH is 1. The molecule has 178 valence electrons. The van der Waals surface area contributed by atoms with E-state index in [1.165, 1.54) is 24.0 Å². The molecule has 0 unspecified atom stereocenters. The van der Waals surface area contributed by atoms with E-state index in [1.54, 1.807) is 36.5 Å². The number of carbonyl (C=O) groups excluding carboxylic acids is 2. The molecule has 3 aromatic rings. The molecule has 4 rings (SSSR count). The monoisotopic (exact) mass is 487 g/mol. The first-order valence-electron chi connectivity index (χ1n) is 10.7. The van der Waals surface area contributed by atoms with E-state index in [0.29, 0.717) is 35.5 Å². The zero-order valence-corrected chi connectivity index (χ0v) is 19.1. The second-order valence-corrected chi connectivity index (χ2v) is 8.48. The molecule has 1 aliphatic heterocycles. The van der Waals surface area contributed by atoms with Gasteiger partial charge < -0.3 is 14.7 Å². The summed E-state index contributed by atoms with van der Waals surface area (Å²) in [6.07, 6.45) is 0.928. The van der Waals surface area contributed by atoms with Gasteiger partial charge in [-0.05, 0) is 54.8 Å². The topological polar surface area (TPSA) is 103 Å². The Balaban J connectivity index is 1.51. The Hall–Kier alpha value is -3.27. The van der Waals surface area contributed by atoms with Crippen LogP contribution >= 0.6 is 11.6 Å². The molecular formula is C24H23ClFN3O5. The summed E-state index contributed by atoms with van der Waals surface area (Å²) < 4.78 is 18.9. The summed E-state index contributed by atoms with van der Waals surface area (Å²) >= 11 is 6.22. The van der Waals surface area contributed by atoms with Crippen molar-refractivity contribution in [2.75, 3.05) is 13.1 Å². The zero-order chi connectivity index (χ0) is 24.4. The number of fused-ring (bicyclic) bond motifs is 1. The summed E-state index contributed by atoms with van der Waals surface area (Å²) in [4.78, 5) is 29.8. The maximum Gasteiger partial charge on any atom is 0.292 e. The molecule has 8 nitrogen and oxygen atoms in total. The van der Waals surface area contributed by atoms with Crippen LogP contribution in [0, 0.1) is 5.82 Å². The Morgan fingerprint density at radius 1 is 1.24 bits per heavy atom. The molecular weight excluding hydrogens is 465 g/mol. The average Bonchev–Trinajstić information content (AvgIpc) is 2.82. The zero-order valence-electron chi connectivity index (χ0n) is 18.3. The minimum atomic E-state index is -1.77. The molecule has 1 aliphatic rings. The van der Waals surface area contributed by atoms with E-state index < -0.39 is 30.0 Å². The van der Waals surface area contributed by atoms with Crippen LogP contribution < -0.4 is 4.74 Å². The predicted octanol–water partition coefficient (Wildman–Crippen LogP) is 3.62. The van der Waals surface area contributed by atoms with Crippen LogP contribution in [0.2, 0.25) is 5.02 Å². The van der Waals surface area contributed by atoms with Crippen LogP contribution in [0.1, 0.15) is 19.8 Å². The fourth-order valence-electron chi connectivity index (χ4n) is 4.09. The second-order valence-electron chi connectivity index (χ2n) is 8.08. The number of halogens is 2. The fourth-order valence-corrected chi connectivity index (χ4v) is 4.36. The van der Waals surface area contributed by atoms with Crippen molar-refractivity contribution >= 4 is 34.3 Å². The van der Waals surface area contributed by atoms with Gasteiger partial charge in [0, 0.05) is 43.2 Å². The van der Waals surface area contributed by atoms with Crippen molar-refractivity contribution < 1.29 is 29.0 Å². The Kier molecular flexibility index (Phi) is 6.97. The number of amides is 2. The van der Waals surface area contributed by atoms with E-state index in [1.807, 2.05) is 0 Å². The molecule has 2 aromatic carbocycles. The maximum absolute atomic E-state index is 13.4. The normalized spacial score (nSPS) is 16.9. The number of hydrogen-bond acceptors (Lipinski definition) is 6. The van der Waals surface area contributed by atoms with Crippen molar-refractivity contribution in [2.24, 2.45) is 0 Å². The number of hydroxylamine groups is 2. The van der Waals surface area contributed by atoms with Gasteiger partial charge in [0.05, 0.1) is 16.6 Å². The maximum atomic E-state index is 13.4. The number of ether oxygens (including phenoxy) is 1. The lowest BCUT2D eigenvalue weighted by atomic mass is 10.0. The van der Waals surface area contributed by atoms with Crippen LogP contribution in [0.4, 0.5) is 4.39 Å². The van der Waals surface area contributed by atoms with Crippen molar-refractivity contribution in [1.29, 1.82) is 0 Å². The largest absolute Gasteiger partial charge is 0.455 e. The molecule has 1 saturated heterocycles. The van der Waals surface area contributed by atoms with Gasteiger partial charge in [-0.1, -0.05) is 11.6 Å². The summed E-state index contributed by atoms with van der Waals surface area (Å²) in [5, 5.41) is 21.9. The lowest BCUT2D eigenvalue weighted by molar-refractivity contribution is -0.181. The molecule has 0 radical (unpaired) electrons. The molecule has 34 heavy (non-hydrogen) atoms. The van der Waals surface area contributed by atoms with Crippen molar-refractivity contribution in [3.05, 3.63) is 59.5 Å². The highest BCUT2D eigenvalue weighted by molar-refractivity contribution is 6.33. The van der Waals surface area contributed by atoms with Crippen LogP contribution in [-0.2, 0) is 9.59 Å². The minimum absolute atomic E-state index is 0.0936. The smallest absolute Gasteiger partial charge is 0.292 e. The van der Waals surface area contributed by atoms with E-state index in [2.05, 4.69) is 4.98 Å². The summed E-state index contributed by atoms with van der Waals surface area (Å²) in [5.74, 6) is -1.39. The second kappa shape index (κ2) is 9.92. The summed E-state index contributed by atoms with van der Waals surface area (Å²) in [6, 6.07) is 10.3. The van der Waals surface area contributed by atoms with Crippen molar-refractivity contribution in [3.63, 3.8) is 0 Å². The lowest BCUT2D eigenvalue weighted by Gasteiger charge is -2.36. The molecule has 2 amide bonds.